The number of rotatable bonds is 3. The number of phenolic OH excluding ortho intramolecular Hbond substituents is 1. The quantitative estimate of drug-likeness (QED) is 0.254. The van der Waals surface area contributed by atoms with Crippen LogP contribution >= 0.6 is 0 Å². The van der Waals surface area contributed by atoms with E-state index >= 15 is 0 Å². The number of allylic oxidation sites excluding steroid dienone is 3. The molecule has 0 fully saturated rings. The zero-order valence-electron chi connectivity index (χ0n) is 14.6. The predicted molar refractivity (Wildman–Crippen MR) is 109 cm³/mol. The van der Waals surface area contributed by atoms with Crippen LogP contribution < -0.4 is 5.73 Å². The molecule has 4 N–H and O–H groups in total. The van der Waals surface area contributed by atoms with E-state index in [1.54, 1.807) is 0 Å². The lowest BCUT2D eigenvalue weighted by atomic mass is 10.1. The number of phenols is 1. The Balaban J connectivity index is 2.30. The SMILES string of the molecule is Nc1ccc2c(O)c(N=NC3=CC(=S(=O)=O)C=CC3=S(=O)=O)c(S(=O)(=O)O)cc2c1. The lowest BCUT2D eigenvalue weighted by molar-refractivity contribution is 0.472. The van der Waals surface area contributed by atoms with Crippen molar-refractivity contribution < 1.29 is 34.9 Å². The molecule has 2 aromatic rings. The lowest BCUT2D eigenvalue weighted by Gasteiger charge is -2.09. The van der Waals surface area contributed by atoms with Gasteiger partial charge in [0.2, 0.25) is 20.6 Å². The minimum atomic E-state index is -4.89. The first-order valence-electron chi connectivity index (χ1n) is 7.76. The van der Waals surface area contributed by atoms with Crippen molar-refractivity contribution in [3.63, 3.8) is 0 Å². The number of hydrogen-bond donors (Lipinski definition) is 3. The molecule has 1 aliphatic carbocycles. The molecule has 0 saturated heterocycles. The van der Waals surface area contributed by atoms with E-state index in [4.69, 9.17) is 5.73 Å². The van der Waals surface area contributed by atoms with Gasteiger partial charge < -0.3 is 10.8 Å². The van der Waals surface area contributed by atoms with Crippen molar-refractivity contribution in [1.29, 1.82) is 0 Å². The highest BCUT2D eigenvalue weighted by Crippen LogP contribution is 2.41. The first-order valence-corrected chi connectivity index (χ1v) is 11.3. The molecule has 156 valence electrons. The van der Waals surface area contributed by atoms with Crippen molar-refractivity contribution in [3.8, 4) is 5.75 Å². The molecule has 0 bridgehead atoms. The molecular weight excluding hydrogens is 458 g/mol. The Bertz CT molecular complexity index is 1560. The van der Waals surface area contributed by atoms with Gasteiger partial charge in [0.15, 0.2) is 5.75 Å². The summed E-state index contributed by atoms with van der Waals surface area (Å²) in [5.41, 5.74) is 4.81. The summed E-state index contributed by atoms with van der Waals surface area (Å²) in [4.78, 5) is -1.53. The van der Waals surface area contributed by atoms with Crippen LogP contribution in [0.5, 0.6) is 5.75 Å². The summed E-state index contributed by atoms with van der Waals surface area (Å²) in [6.07, 6.45) is 2.88. The van der Waals surface area contributed by atoms with E-state index in [0.717, 1.165) is 24.3 Å². The molecule has 0 aromatic heterocycles. The number of nitrogen functional groups attached to an aromatic ring is 1. The Morgan fingerprint density at radius 1 is 0.967 bits per heavy atom. The highest BCUT2D eigenvalue weighted by atomic mass is 32.2. The van der Waals surface area contributed by atoms with E-state index in [1.807, 2.05) is 0 Å². The Labute approximate surface area is 172 Å². The van der Waals surface area contributed by atoms with Gasteiger partial charge >= 0.3 is 0 Å². The van der Waals surface area contributed by atoms with Crippen LogP contribution in [0.3, 0.4) is 0 Å². The van der Waals surface area contributed by atoms with Crippen LogP contribution in [0.2, 0.25) is 0 Å². The van der Waals surface area contributed by atoms with Crippen molar-refractivity contribution in [1.82, 2.24) is 0 Å². The summed E-state index contributed by atoms with van der Waals surface area (Å²) in [7, 11) is -10.4. The van der Waals surface area contributed by atoms with Crippen molar-refractivity contribution >= 4 is 62.6 Å². The maximum absolute atomic E-state index is 11.8. The van der Waals surface area contributed by atoms with Gasteiger partial charge in [-0.05, 0) is 47.9 Å². The van der Waals surface area contributed by atoms with E-state index < -0.39 is 57.6 Å². The normalized spacial score (nSPS) is 14.4. The molecule has 14 heteroatoms. The largest absolute Gasteiger partial charge is 0.505 e. The van der Waals surface area contributed by atoms with Crippen LogP contribution in [0.1, 0.15) is 0 Å². The fraction of sp³-hybridized carbons (Fsp3) is 0. The van der Waals surface area contributed by atoms with Crippen molar-refractivity contribution in [3.05, 3.63) is 48.2 Å². The zero-order chi connectivity index (χ0) is 22.2. The van der Waals surface area contributed by atoms with Gasteiger partial charge in [0.05, 0.1) is 4.86 Å². The summed E-state index contributed by atoms with van der Waals surface area (Å²) < 4.78 is 78.1. The number of azo groups is 1. The van der Waals surface area contributed by atoms with E-state index in [9.17, 15) is 34.9 Å². The highest BCUT2D eigenvalue weighted by Gasteiger charge is 2.22. The fourth-order valence-electron chi connectivity index (χ4n) is 2.59. The third-order valence-electron chi connectivity index (χ3n) is 3.91. The second-order valence-corrected chi connectivity index (χ2v) is 9.07. The third kappa shape index (κ3) is 4.16. The van der Waals surface area contributed by atoms with E-state index in [0.29, 0.717) is 0 Å². The summed E-state index contributed by atoms with van der Waals surface area (Å²) in [5, 5.41) is 18.0. The summed E-state index contributed by atoms with van der Waals surface area (Å²) in [6, 6.07) is 5.18. The van der Waals surface area contributed by atoms with Gasteiger partial charge in [0.25, 0.3) is 10.1 Å². The first kappa shape index (κ1) is 21.4. The number of hydrogen-bond acceptors (Lipinski definition) is 10. The molecule has 0 atom stereocenters. The molecular formula is C16H11N3O8S3. The average Bonchev–Trinajstić information content (AvgIpc) is 2.65. The predicted octanol–water partition coefficient (Wildman–Crippen LogP) is 1.01. The molecule has 0 amide bonds. The first-order chi connectivity index (χ1) is 14.0. The topological polar surface area (TPSA) is 194 Å². The van der Waals surface area contributed by atoms with Crippen molar-refractivity contribution in [2.24, 2.45) is 10.2 Å². The van der Waals surface area contributed by atoms with Gasteiger partial charge in [-0.2, -0.15) is 25.3 Å². The Morgan fingerprint density at radius 3 is 2.27 bits per heavy atom. The fourth-order valence-corrected chi connectivity index (χ4v) is 4.08. The van der Waals surface area contributed by atoms with Gasteiger partial charge in [-0.1, -0.05) is 0 Å². The smallest absolute Gasteiger partial charge is 0.296 e. The Morgan fingerprint density at radius 2 is 1.67 bits per heavy atom. The second-order valence-electron chi connectivity index (χ2n) is 5.83. The molecule has 30 heavy (non-hydrogen) atoms. The van der Waals surface area contributed by atoms with Gasteiger partial charge in [-0.15, -0.1) is 10.2 Å². The third-order valence-corrected chi connectivity index (χ3v) is 6.12. The van der Waals surface area contributed by atoms with Crippen LogP contribution in [0.4, 0.5) is 11.4 Å². The van der Waals surface area contributed by atoms with Crippen LogP contribution in [-0.4, -0.2) is 44.6 Å². The number of aromatic hydroxyl groups is 1. The van der Waals surface area contributed by atoms with E-state index in [1.165, 1.54) is 18.2 Å². The molecule has 11 nitrogen and oxygen atoms in total. The highest BCUT2D eigenvalue weighted by molar-refractivity contribution is 7.86. The molecule has 0 spiro atoms. The molecule has 0 saturated carbocycles. The number of nitrogens with two attached hydrogens (primary N) is 1. The number of fused-ring (bicyclic) bond motifs is 1. The molecule has 2 aromatic carbocycles. The van der Waals surface area contributed by atoms with Crippen LogP contribution in [-0.2, 0) is 30.7 Å². The molecule has 0 unspecified atom stereocenters. The second kappa shape index (κ2) is 7.83. The maximum atomic E-state index is 11.8. The Hall–Kier alpha value is -3.33. The van der Waals surface area contributed by atoms with Crippen molar-refractivity contribution in [2.75, 3.05) is 5.73 Å². The molecule has 0 heterocycles. The summed E-state index contributed by atoms with van der Waals surface area (Å²) in [6.45, 7) is 0. The minimum Gasteiger partial charge on any atom is -0.505 e. The number of nitrogens with zero attached hydrogens (tertiary/aromatic N) is 2. The monoisotopic (exact) mass is 469 g/mol. The molecule has 3 rings (SSSR count). The Kier molecular flexibility index (Phi) is 5.58. The summed E-state index contributed by atoms with van der Waals surface area (Å²) >= 11 is 0. The lowest BCUT2D eigenvalue weighted by Crippen LogP contribution is -2.08. The van der Waals surface area contributed by atoms with Gasteiger partial charge in [-0.3, -0.25) is 4.55 Å². The standard InChI is InChI=1S/C16H11N3O8S3/c17-9-1-3-11-8(5-9)6-14(30(25,26)27)15(16(11)20)19-18-12-7-10(28(21)22)2-4-13(12)29(23)24/h1-7,20H,17H2,(H,25,26,27). The summed E-state index contributed by atoms with van der Waals surface area (Å²) in [5.74, 6) is -0.669. The van der Waals surface area contributed by atoms with Gasteiger partial charge in [-0.25, -0.2) is 0 Å². The number of benzene rings is 2. The van der Waals surface area contributed by atoms with E-state index in [2.05, 4.69) is 10.2 Å². The van der Waals surface area contributed by atoms with Crippen LogP contribution in [0.25, 0.3) is 10.8 Å². The average molecular weight is 469 g/mol. The van der Waals surface area contributed by atoms with Crippen LogP contribution in [0, 0.1) is 0 Å². The zero-order valence-corrected chi connectivity index (χ0v) is 17.0. The van der Waals surface area contributed by atoms with Gasteiger partial charge in [0.1, 0.15) is 21.1 Å². The number of anilines is 1. The van der Waals surface area contributed by atoms with Crippen molar-refractivity contribution in [2.45, 2.75) is 4.90 Å². The van der Waals surface area contributed by atoms with Crippen LogP contribution in [0.15, 0.2) is 63.3 Å². The minimum absolute atomic E-state index is 0.132. The molecule has 0 aliphatic heterocycles. The molecule has 1 aliphatic rings. The molecule has 0 radical (unpaired) electrons. The van der Waals surface area contributed by atoms with Gasteiger partial charge in [0, 0.05) is 11.1 Å². The maximum Gasteiger partial charge on any atom is 0.296 e. The van der Waals surface area contributed by atoms with E-state index in [-0.39, 0.29) is 21.3 Å².